The number of fused-ring (bicyclic) bond motifs is 1. The maximum atomic E-state index is 12.6. The minimum absolute atomic E-state index is 0.0530. The number of para-hydroxylation sites is 1. The average Bonchev–Trinajstić information content (AvgIpc) is 3.01. The first-order chi connectivity index (χ1) is 13.1. The molecule has 142 valence electrons. The highest BCUT2D eigenvalue weighted by Crippen LogP contribution is 2.28. The van der Waals surface area contributed by atoms with Crippen molar-refractivity contribution in [1.82, 2.24) is 9.88 Å². The SMILES string of the molecule is CCOc1ccc(CCNC(=O)c2cn(C)c3ccccc23)cc1OCC. The van der Waals surface area contributed by atoms with Crippen LogP contribution in [0, 0.1) is 0 Å². The number of nitrogens with one attached hydrogen (secondary N) is 1. The molecule has 3 rings (SSSR count). The Morgan fingerprint density at radius 1 is 1.04 bits per heavy atom. The molecule has 0 spiro atoms. The normalized spacial score (nSPS) is 10.8. The van der Waals surface area contributed by atoms with Crippen LogP contribution >= 0.6 is 0 Å². The molecule has 0 aliphatic carbocycles. The highest BCUT2D eigenvalue weighted by atomic mass is 16.5. The van der Waals surface area contributed by atoms with Crippen LogP contribution in [0.4, 0.5) is 0 Å². The van der Waals surface area contributed by atoms with E-state index in [9.17, 15) is 4.79 Å². The van der Waals surface area contributed by atoms with Gasteiger partial charge < -0.3 is 19.4 Å². The van der Waals surface area contributed by atoms with Crippen molar-refractivity contribution in [3.8, 4) is 11.5 Å². The summed E-state index contributed by atoms with van der Waals surface area (Å²) in [6.07, 6.45) is 2.60. The average molecular weight is 366 g/mol. The topological polar surface area (TPSA) is 52.5 Å². The first kappa shape index (κ1) is 18.8. The van der Waals surface area contributed by atoms with Gasteiger partial charge in [-0.3, -0.25) is 4.79 Å². The molecule has 1 amide bonds. The lowest BCUT2D eigenvalue weighted by molar-refractivity contribution is 0.0955. The van der Waals surface area contributed by atoms with Gasteiger partial charge in [0, 0.05) is 30.7 Å². The monoisotopic (exact) mass is 366 g/mol. The molecule has 0 saturated carbocycles. The summed E-state index contributed by atoms with van der Waals surface area (Å²) in [6.45, 7) is 5.64. The van der Waals surface area contributed by atoms with E-state index in [4.69, 9.17) is 9.47 Å². The summed E-state index contributed by atoms with van der Waals surface area (Å²) in [5.74, 6) is 1.45. The Morgan fingerprint density at radius 2 is 1.78 bits per heavy atom. The number of ether oxygens (including phenoxy) is 2. The van der Waals surface area contributed by atoms with Crippen LogP contribution < -0.4 is 14.8 Å². The number of benzene rings is 2. The standard InChI is InChI=1S/C22H26N2O3/c1-4-26-20-11-10-16(14-21(20)27-5-2)12-13-23-22(25)18-15-24(3)19-9-7-6-8-17(18)19/h6-11,14-15H,4-5,12-13H2,1-3H3,(H,23,25). The second kappa shape index (κ2) is 8.62. The van der Waals surface area contributed by atoms with E-state index in [1.807, 2.05) is 74.1 Å². The van der Waals surface area contributed by atoms with E-state index < -0.39 is 0 Å². The number of nitrogens with zero attached hydrogens (tertiary/aromatic N) is 1. The maximum absolute atomic E-state index is 12.6. The summed E-state index contributed by atoms with van der Waals surface area (Å²) in [7, 11) is 1.95. The Labute approximate surface area is 159 Å². The summed E-state index contributed by atoms with van der Waals surface area (Å²) in [5, 5.41) is 3.99. The number of carbonyl (C=O) groups excluding carboxylic acids is 1. The van der Waals surface area contributed by atoms with Gasteiger partial charge in [0.15, 0.2) is 11.5 Å². The lowest BCUT2D eigenvalue weighted by Gasteiger charge is -2.12. The van der Waals surface area contributed by atoms with Gasteiger partial charge in [0.25, 0.3) is 5.91 Å². The molecule has 0 fully saturated rings. The van der Waals surface area contributed by atoms with Crippen molar-refractivity contribution in [2.75, 3.05) is 19.8 Å². The Kier molecular flexibility index (Phi) is 6.01. The number of hydrogen-bond acceptors (Lipinski definition) is 3. The van der Waals surface area contributed by atoms with E-state index in [-0.39, 0.29) is 5.91 Å². The van der Waals surface area contributed by atoms with E-state index in [1.54, 1.807) is 0 Å². The summed E-state index contributed by atoms with van der Waals surface area (Å²) in [6, 6.07) is 13.8. The number of hydrogen-bond donors (Lipinski definition) is 1. The molecule has 1 aromatic heterocycles. The molecule has 0 unspecified atom stereocenters. The zero-order valence-corrected chi connectivity index (χ0v) is 16.1. The molecule has 0 saturated heterocycles. The molecule has 0 atom stereocenters. The van der Waals surface area contributed by atoms with Crippen LogP contribution in [0.2, 0.25) is 0 Å². The Bertz CT molecular complexity index is 930. The van der Waals surface area contributed by atoms with Gasteiger partial charge in [0.05, 0.1) is 18.8 Å². The van der Waals surface area contributed by atoms with Gasteiger partial charge in [-0.25, -0.2) is 0 Å². The molecular formula is C22H26N2O3. The van der Waals surface area contributed by atoms with E-state index in [0.29, 0.717) is 25.3 Å². The van der Waals surface area contributed by atoms with Crippen molar-refractivity contribution < 1.29 is 14.3 Å². The van der Waals surface area contributed by atoms with Crippen molar-refractivity contribution in [3.05, 3.63) is 59.8 Å². The van der Waals surface area contributed by atoms with Crippen molar-refractivity contribution in [2.45, 2.75) is 20.3 Å². The van der Waals surface area contributed by atoms with Gasteiger partial charge in [-0.2, -0.15) is 0 Å². The third-order valence-electron chi connectivity index (χ3n) is 4.45. The van der Waals surface area contributed by atoms with Crippen LogP contribution in [-0.2, 0) is 13.5 Å². The maximum Gasteiger partial charge on any atom is 0.253 e. The van der Waals surface area contributed by atoms with Gasteiger partial charge >= 0.3 is 0 Å². The fourth-order valence-corrected chi connectivity index (χ4v) is 3.19. The predicted molar refractivity (Wildman–Crippen MR) is 108 cm³/mol. The Morgan fingerprint density at radius 3 is 2.56 bits per heavy atom. The molecular weight excluding hydrogens is 340 g/mol. The molecule has 27 heavy (non-hydrogen) atoms. The number of carbonyl (C=O) groups is 1. The van der Waals surface area contributed by atoms with E-state index in [0.717, 1.165) is 34.4 Å². The zero-order valence-electron chi connectivity index (χ0n) is 16.1. The van der Waals surface area contributed by atoms with Crippen LogP contribution in [0.15, 0.2) is 48.7 Å². The third-order valence-corrected chi connectivity index (χ3v) is 4.45. The van der Waals surface area contributed by atoms with Crippen molar-refractivity contribution in [3.63, 3.8) is 0 Å². The number of aryl methyl sites for hydroxylation is 1. The van der Waals surface area contributed by atoms with Crippen LogP contribution in [-0.4, -0.2) is 30.2 Å². The van der Waals surface area contributed by atoms with Crippen molar-refractivity contribution in [1.29, 1.82) is 0 Å². The Hall–Kier alpha value is -2.95. The number of rotatable bonds is 8. The van der Waals surface area contributed by atoms with Crippen molar-refractivity contribution >= 4 is 16.8 Å². The molecule has 2 aromatic carbocycles. The van der Waals surface area contributed by atoms with Crippen LogP contribution in [0.1, 0.15) is 29.8 Å². The molecule has 1 N–H and O–H groups in total. The lowest BCUT2D eigenvalue weighted by Crippen LogP contribution is -2.25. The van der Waals surface area contributed by atoms with Crippen molar-refractivity contribution in [2.24, 2.45) is 7.05 Å². The molecule has 1 heterocycles. The van der Waals surface area contributed by atoms with Crippen LogP contribution in [0.25, 0.3) is 10.9 Å². The molecule has 0 aliphatic heterocycles. The largest absolute Gasteiger partial charge is 0.490 e. The smallest absolute Gasteiger partial charge is 0.253 e. The van der Waals surface area contributed by atoms with Gasteiger partial charge in [-0.1, -0.05) is 24.3 Å². The summed E-state index contributed by atoms with van der Waals surface area (Å²) < 4.78 is 13.2. The fraction of sp³-hybridized carbons (Fsp3) is 0.318. The van der Waals surface area contributed by atoms with E-state index >= 15 is 0 Å². The van der Waals surface area contributed by atoms with Crippen LogP contribution in [0.5, 0.6) is 11.5 Å². The van der Waals surface area contributed by atoms with E-state index in [2.05, 4.69) is 5.32 Å². The highest BCUT2D eigenvalue weighted by Gasteiger charge is 2.13. The molecule has 0 radical (unpaired) electrons. The Balaban J connectivity index is 1.65. The predicted octanol–water partition coefficient (Wildman–Crippen LogP) is 3.95. The third kappa shape index (κ3) is 4.25. The molecule has 0 bridgehead atoms. The molecule has 5 heteroatoms. The van der Waals surface area contributed by atoms with Crippen LogP contribution in [0.3, 0.4) is 0 Å². The lowest BCUT2D eigenvalue weighted by atomic mass is 10.1. The summed E-state index contributed by atoms with van der Waals surface area (Å²) in [5.41, 5.74) is 2.85. The van der Waals surface area contributed by atoms with Gasteiger partial charge in [-0.15, -0.1) is 0 Å². The minimum atomic E-state index is -0.0530. The first-order valence-electron chi connectivity index (χ1n) is 9.34. The van der Waals surface area contributed by atoms with Gasteiger partial charge in [0.2, 0.25) is 0 Å². The number of aromatic nitrogens is 1. The second-order valence-electron chi connectivity index (χ2n) is 6.32. The summed E-state index contributed by atoms with van der Waals surface area (Å²) in [4.78, 5) is 12.6. The molecule has 0 aliphatic rings. The van der Waals surface area contributed by atoms with Gasteiger partial charge in [0.1, 0.15) is 0 Å². The highest BCUT2D eigenvalue weighted by molar-refractivity contribution is 6.06. The molecule has 5 nitrogen and oxygen atoms in total. The number of amides is 1. The fourth-order valence-electron chi connectivity index (χ4n) is 3.19. The quantitative estimate of drug-likeness (QED) is 0.657. The molecule has 3 aromatic rings. The van der Waals surface area contributed by atoms with Gasteiger partial charge in [-0.05, 0) is 44.0 Å². The minimum Gasteiger partial charge on any atom is -0.490 e. The zero-order chi connectivity index (χ0) is 19.2. The summed E-state index contributed by atoms with van der Waals surface area (Å²) >= 11 is 0. The van der Waals surface area contributed by atoms with E-state index in [1.165, 1.54) is 0 Å². The second-order valence-corrected chi connectivity index (χ2v) is 6.32. The first-order valence-corrected chi connectivity index (χ1v) is 9.34.